The highest BCUT2D eigenvalue weighted by atomic mass is 32.4. The molecule has 0 N–H and O–H groups in total. The minimum absolute atomic E-state index is 0.0266. The van der Waals surface area contributed by atoms with Crippen molar-refractivity contribution >= 4 is 34.4 Å². The normalized spacial score (nSPS) is 10.8. The summed E-state index contributed by atoms with van der Waals surface area (Å²) >= 11 is 5.26. The van der Waals surface area contributed by atoms with Crippen molar-refractivity contribution in [3.8, 4) is 0 Å². The number of hydrogen-bond acceptors (Lipinski definition) is 4. The standard InChI is InChI=1S/C15H21O3PS/c1-10(2)7-13(16)19(20,14(17)8-11(3)4)15(18)9-12(5)6/h1,3,5,7-9H2,2,4,6H3. The van der Waals surface area contributed by atoms with Crippen LogP contribution < -0.4 is 0 Å². The van der Waals surface area contributed by atoms with Gasteiger partial charge in [-0.1, -0.05) is 48.3 Å². The topological polar surface area (TPSA) is 51.2 Å². The molecule has 0 aliphatic carbocycles. The lowest BCUT2D eigenvalue weighted by Crippen LogP contribution is -2.17. The van der Waals surface area contributed by atoms with Crippen LogP contribution in [0.1, 0.15) is 40.0 Å². The SMILES string of the molecule is C=C(C)CC(=O)P(=S)(C(=O)CC(=C)C)C(=O)CC(=C)C. The summed E-state index contributed by atoms with van der Waals surface area (Å²) in [6.45, 7) is 15.9. The quantitative estimate of drug-likeness (QED) is 0.478. The molecule has 0 aromatic carbocycles. The Bertz CT molecular complexity index is 467. The van der Waals surface area contributed by atoms with Gasteiger partial charge in [-0.05, 0) is 20.8 Å². The number of carbonyl (C=O) groups excluding carboxylic acids is 3. The molecule has 110 valence electrons. The summed E-state index contributed by atoms with van der Waals surface area (Å²) in [5.74, 6) is 0. The van der Waals surface area contributed by atoms with Gasteiger partial charge in [0.2, 0.25) is 0 Å². The van der Waals surface area contributed by atoms with E-state index in [1.807, 2.05) is 0 Å². The van der Waals surface area contributed by atoms with Gasteiger partial charge in [-0.25, -0.2) is 0 Å². The molecule has 0 bridgehead atoms. The molecule has 0 fully saturated rings. The van der Waals surface area contributed by atoms with E-state index >= 15 is 0 Å². The van der Waals surface area contributed by atoms with Gasteiger partial charge < -0.3 is 0 Å². The first-order valence-electron chi connectivity index (χ1n) is 6.15. The lowest BCUT2D eigenvalue weighted by molar-refractivity contribution is -0.116. The van der Waals surface area contributed by atoms with Crippen LogP contribution in [0.4, 0.5) is 0 Å². The molecule has 0 radical (unpaired) electrons. The Morgan fingerprint density at radius 1 is 0.750 bits per heavy atom. The van der Waals surface area contributed by atoms with Crippen molar-refractivity contribution in [2.24, 2.45) is 0 Å². The van der Waals surface area contributed by atoms with Crippen molar-refractivity contribution < 1.29 is 14.4 Å². The number of carbonyl (C=O) groups is 3. The summed E-state index contributed by atoms with van der Waals surface area (Å²) in [5.41, 5.74) is 0.355. The Hall–Kier alpha value is -1.12. The van der Waals surface area contributed by atoms with Crippen molar-refractivity contribution in [1.82, 2.24) is 0 Å². The summed E-state index contributed by atoms with van der Waals surface area (Å²) in [7, 11) is 0. The molecule has 0 spiro atoms. The molecule has 0 unspecified atom stereocenters. The Balaban J connectivity index is 5.60. The first kappa shape index (κ1) is 18.9. The molecule has 0 aliphatic rings. The van der Waals surface area contributed by atoms with Crippen LogP contribution in [0, 0.1) is 0 Å². The molecule has 0 amide bonds. The third-order valence-electron chi connectivity index (χ3n) is 2.41. The van der Waals surface area contributed by atoms with E-state index < -0.39 is 22.6 Å². The van der Waals surface area contributed by atoms with Crippen LogP contribution in [0.25, 0.3) is 0 Å². The largest absolute Gasteiger partial charge is 0.292 e. The molecule has 0 aromatic heterocycles. The Labute approximate surface area is 125 Å². The van der Waals surface area contributed by atoms with E-state index in [2.05, 4.69) is 19.7 Å². The fraction of sp³-hybridized carbons (Fsp3) is 0.400. The third-order valence-corrected chi connectivity index (χ3v) is 6.83. The molecular formula is C15H21O3PS. The molecule has 0 rings (SSSR count). The van der Waals surface area contributed by atoms with E-state index in [-0.39, 0.29) is 19.3 Å². The molecule has 0 saturated heterocycles. The minimum Gasteiger partial charge on any atom is -0.292 e. The van der Waals surface area contributed by atoms with Crippen LogP contribution in [-0.2, 0) is 26.2 Å². The predicted octanol–water partition coefficient (Wildman–Crippen LogP) is 3.94. The van der Waals surface area contributed by atoms with Gasteiger partial charge in [-0.3, -0.25) is 14.4 Å². The van der Waals surface area contributed by atoms with Crippen molar-refractivity contribution in [3.63, 3.8) is 0 Å². The van der Waals surface area contributed by atoms with E-state index in [1.54, 1.807) is 20.8 Å². The zero-order valence-electron chi connectivity index (χ0n) is 12.3. The van der Waals surface area contributed by atoms with Gasteiger partial charge in [-0.15, -0.1) is 0 Å². The van der Waals surface area contributed by atoms with Gasteiger partial charge >= 0.3 is 0 Å². The van der Waals surface area contributed by atoms with Gasteiger partial charge in [0.25, 0.3) is 0 Å². The van der Waals surface area contributed by atoms with Crippen LogP contribution in [0.15, 0.2) is 36.5 Å². The molecule has 0 heterocycles. The number of allylic oxidation sites excluding steroid dienone is 3. The van der Waals surface area contributed by atoms with Crippen molar-refractivity contribution in [1.29, 1.82) is 0 Å². The van der Waals surface area contributed by atoms with E-state index in [1.165, 1.54) is 0 Å². The second-order valence-electron chi connectivity index (χ2n) is 5.19. The summed E-state index contributed by atoms with van der Waals surface area (Å²) in [4.78, 5) is 36.9. The van der Waals surface area contributed by atoms with Gasteiger partial charge in [0.15, 0.2) is 16.6 Å². The molecule has 3 nitrogen and oxygen atoms in total. The Kier molecular flexibility index (Phi) is 7.18. The van der Waals surface area contributed by atoms with Crippen LogP contribution in [0.5, 0.6) is 0 Å². The molecule has 0 saturated carbocycles. The van der Waals surface area contributed by atoms with Crippen LogP contribution in [-0.4, -0.2) is 16.6 Å². The molecule has 0 atom stereocenters. The molecule has 20 heavy (non-hydrogen) atoms. The van der Waals surface area contributed by atoms with Gasteiger partial charge in [0.1, 0.15) is 6.04 Å². The maximum Gasteiger partial charge on any atom is 0.182 e. The van der Waals surface area contributed by atoms with Crippen molar-refractivity contribution in [3.05, 3.63) is 36.5 Å². The van der Waals surface area contributed by atoms with Gasteiger partial charge in [0.05, 0.1) is 0 Å². The van der Waals surface area contributed by atoms with Crippen molar-refractivity contribution in [2.75, 3.05) is 0 Å². The molecule has 0 aromatic rings. The summed E-state index contributed by atoms with van der Waals surface area (Å²) in [6.07, 6.45) is -0.0799. The maximum atomic E-state index is 12.3. The fourth-order valence-corrected chi connectivity index (χ4v) is 4.42. The minimum atomic E-state index is -3.42. The smallest absolute Gasteiger partial charge is 0.182 e. The average molecular weight is 312 g/mol. The van der Waals surface area contributed by atoms with Crippen LogP contribution in [0.2, 0.25) is 0 Å². The third kappa shape index (κ3) is 5.10. The predicted molar refractivity (Wildman–Crippen MR) is 87.6 cm³/mol. The second kappa shape index (κ2) is 7.61. The lowest BCUT2D eigenvalue weighted by atomic mass is 10.3. The van der Waals surface area contributed by atoms with Gasteiger partial charge in [-0.2, -0.15) is 0 Å². The first-order valence-corrected chi connectivity index (χ1v) is 8.95. The molecule has 0 aliphatic heterocycles. The zero-order valence-corrected chi connectivity index (χ0v) is 14.0. The summed E-state index contributed by atoms with van der Waals surface area (Å²) < 4.78 is 0. The highest BCUT2D eigenvalue weighted by Gasteiger charge is 2.40. The average Bonchev–Trinajstić information content (AvgIpc) is 2.24. The number of rotatable bonds is 9. The Morgan fingerprint density at radius 2 is 0.950 bits per heavy atom. The highest BCUT2D eigenvalue weighted by Crippen LogP contribution is 2.53. The summed E-state index contributed by atoms with van der Waals surface area (Å²) in [6, 6.07) is -3.42. The van der Waals surface area contributed by atoms with E-state index in [0.717, 1.165) is 0 Å². The zero-order chi connectivity index (χ0) is 16.1. The van der Waals surface area contributed by atoms with E-state index in [9.17, 15) is 14.4 Å². The van der Waals surface area contributed by atoms with Crippen molar-refractivity contribution in [2.45, 2.75) is 40.0 Å². The fourth-order valence-electron chi connectivity index (χ4n) is 1.53. The first-order chi connectivity index (χ1) is 9.01. The number of hydrogen-bond donors (Lipinski definition) is 0. The van der Waals surface area contributed by atoms with E-state index in [4.69, 9.17) is 11.8 Å². The Morgan fingerprint density at radius 3 is 1.10 bits per heavy atom. The van der Waals surface area contributed by atoms with Gasteiger partial charge in [0, 0.05) is 19.3 Å². The van der Waals surface area contributed by atoms with E-state index in [0.29, 0.717) is 16.7 Å². The van der Waals surface area contributed by atoms with Crippen LogP contribution in [0.3, 0.4) is 0 Å². The highest BCUT2D eigenvalue weighted by molar-refractivity contribution is 8.38. The summed E-state index contributed by atoms with van der Waals surface area (Å²) in [5, 5.41) is 0. The molecule has 5 heteroatoms. The maximum absolute atomic E-state index is 12.3. The second-order valence-corrected chi connectivity index (χ2v) is 9.55. The monoisotopic (exact) mass is 312 g/mol. The lowest BCUT2D eigenvalue weighted by Gasteiger charge is -2.18. The molecular weight excluding hydrogens is 291 g/mol. The van der Waals surface area contributed by atoms with Crippen LogP contribution >= 0.6 is 6.04 Å².